The molecule has 0 bridgehead atoms. The van der Waals surface area contributed by atoms with Gasteiger partial charge in [-0.2, -0.15) is 0 Å². The highest BCUT2D eigenvalue weighted by molar-refractivity contribution is 5.96. The molecule has 0 spiro atoms. The molecule has 27 heavy (non-hydrogen) atoms. The summed E-state index contributed by atoms with van der Waals surface area (Å²) in [5, 5.41) is 3.06. The predicted octanol–water partition coefficient (Wildman–Crippen LogP) is 1.46. The number of halogens is 1. The molecule has 8 heteroatoms. The van der Waals surface area contributed by atoms with E-state index in [1.54, 1.807) is 6.07 Å². The Labute approximate surface area is 153 Å². The van der Waals surface area contributed by atoms with Crippen molar-refractivity contribution in [2.45, 2.75) is 25.8 Å². The third kappa shape index (κ3) is 2.51. The maximum absolute atomic E-state index is 13.9. The number of esters is 1. The van der Waals surface area contributed by atoms with Crippen LogP contribution in [0.4, 0.5) is 10.2 Å². The molecule has 3 heterocycles. The van der Waals surface area contributed by atoms with Crippen LogP contribution in [0.25, 0.3) is 0 Å². The van der Waals surface area contributed by atoms with E-state index in [0.29, 0.717) is 30.0 Å². The molecule has 7 nitrogen and oxygen atoms in total. The standard InChI is InChI=1S/C19H18FN3O4/c1-3-7-23-16-15(17(24)22(2)19(23)26)13(10-5-4-6-11(20)8-10)14-12(21-16)9-27-18(14)25/h4-6,8,13,21H,3,7,9H2,1-2H3. The molecule has 1 aromatic carbocycles. The lowest BCUT2D eigenvalue weighted by Gasteiger charge is -2.29. The number of nitrogens with zero attached hydrogens (tertiary/aromatic N) is 2. The Kier molecular flexibility index (Phi) is 3.98. The van der Waals surface area contributed by atoms with Gasteiger partial charge in [-0.1, -0.05) is 19.1 Å². The first-order valence-electron chi connectivity index (χ1n) is 8.70. The SMILES string of the molecule is CCCn1c2c(c(=O)n(C)c1=O)C(c1cccc(F)c1)C1=C(COC1=O)N2. The van der Waals surface area contributed by atoms with Crippen LogP contribution in [-0.2, 0) is 23.1 Å². The molecule has 2 aliphatic rings. The van der Waals surface area contributed by atoms with Crippen molar-refractivity contribution in [3.63, 3.8) is 0 Å². The summed E-state index contributed by atoms with van der Waals surface area (Å²) in [7, 11) is 1.40. The number of cyclic esters (lactones) is 1. The topological polar surface area (TPSA) is 82.3 Å². The van der Waals surface area contributed by atoms with Crippen molar-refractivity contribution in [2.24, 2.45) is 7.05 Å². The van der Waals surface area contributed by atoms with Crippen LogP contribution >= 0.6 is 0 Å². The fourth-order valence-electron chi connectivity index (χ4n) is 3.74. The van der Waals surface area contributed by atoms with E-state index in [2.05, 4.69) is 5.32 Å². The van der Waals surface area contributed by atoms with Gasteiger partial charge < -0.3 is 10.1 Å². The van der Waals surface area contributed by atoms with Gasteiger partial charge in [0.25, 0.3) is 5.56 Å². The Balaban J connectivity index is 2.08. The van der Waals surface area contributed by atoms with Crippen molar-refractivity contribution in [2.75, 3.05) is 11.9 Å². The molecule has 1 aromatic heterocycles. The van der Waals surface area contributed by atoms with Crippen molar-refractivity contribution in [3.8, 4) is 0 Å². The van der Waals surface area contributed by atoms with Gasteiger partial charge >= 0.3 is 11.7 Å². The molecule has 0 radical (unpaired) electrons. The van der Waals surface area contributed by atoms with Crippen molar-refractivity contribution in [1.82, 2.24) is 9.13 Å². The van der Waals surface area contributed by atoms with Gasteiger partial charge in [0.15, 0.2) is 0 Å². The Bertz CT molecular complexity index is 1110. The number of fused-ring (bicyclic) bond motifs is 1. The van der Waals surface area contributed by atoms with E-state index in [1.165, 1.54) is 29.8 Å². The summed E-state index contributed by atoms with van der Waals surface area (Å²) in [5.74, 6) is -1.48. The molecule has 0 fully saturated rings. The van der Waals surface area contributed by atoms with Crippen LogP contribution in [0.15, 0.2) is 45.1 Å². The Hall–Kier alpha value is -3.16. The first kappa shape index (κ1) is 17.3. The zero-order valence-corrected chi connectivity index (χ0v) is 14.9. The van der Waals surface area contributed by atoms with Gasteiger partial charge in [0.2, 0.25) is 0 Å². The summed E-state index contributed by atoms with van der Waals surface area (Å²) in [4.78, 5) is 38.0. The molecule has 0 saturated heterocycles. The van der Waals surface area contributed by atoms with Crippen LogP contribution in [-0.4, -0.2) is 21.7 Å². The molecular weight excluding hydrogens is 353 g/mol. The van der Waals surface area contributed by atoms with Gasteiger partial charge in [0, 0.05) is 13.6 Å². The van der Waals surface area contributed by atoms with Crippen LogP contribution in [0, 0.1) is 5.82 Å². The normalized spacial score (nSPS) is 18.0. The monoisotopic (exact) mass is 371 g/mol. The van der Waals surface area contributed by atoms with Gasteiger partial charge in [0.1, 0.15) is 18.2 Å². The van der Waals surface area contributed by atoms with E-state index in [9.17, 15) is 18.8 Å². The van der Waals surface area contributed by atoms with Gasteiger partial charge in [-0.25, -0.2) is 14.0 Å². The second-order valence-electron chi connectivity index (χ2n) is 6.64. The minimum atomic E-state index is -0.802. The van der Waals surface area contributed by atoms with Crippen molar-refractivity contribution < 1.29 is 13.9 Å². The number of hydrogen-bond acceptors (Lipinski definition) is 5. The maximum atomic E-state index is 13.9. The number of aromatic nitrogens is 2. The van der Waals surface area contributed by atoms with Gasteiger partial charge in [-0.05, 0) is 24.1 Å². The molecule has 4 rings (SSSR count). The smallest absolute Gasteiger partial charge is 0.337 e. The summed E-state index contributed by atoms with van der Waals surface area (Å²) in [5.41, 5.74) is 0.526. The van der Waals surface area contributed by atoms with Crippen LogP contribution in [0.1, 0.15) is 30.4 Å². The lowest BCUT2D eigenvalue weighted by atomic mass is 9.82. The highest BCUT2D eigenvalue weighted by atomic mass is 19.1. The van der Waals surface area contributed by atoms with Crippen molar-refractivity contribution >= 4 is 11.8 Å². The van der Waals surface area contributed by atoms with Crippen LogP contribution < -0.4 is 16.6 Å². The second-order valence-corrected chi connectivity index (χ2v) is 6.64. The predicted molar refractivity (Wildman–Crippen MR) is 96.1 cm³/mol. The fraction of sp³-hybridized carbons (Fsp3) is 0.316. The molecule has 140 valence electrons. The number of anilines is 1. The van der Waals surface area contributed by atoms with Crippen LogP contribution in [0.2, 0.25) is 0 Å². The summed E-state index contributed by atoms with van der Waals surface area (Å²) < 4.78 is 21.5. The van der Waals surface area contributed by atoms with E-state index < -0.39 is 29.0 Å². The van der Waals surface area contributed by atoms with Gasteiger partial charge in [0.05, 0.1) is 22.8 Å². The average Bonchev–Trinajstić information content (AvgIpc) is 3.02. The number of carbonyl (C=O) groups is 1. The number of carbonyl (C=O) groups excluding carboxylic acids is 1. The molecule has 0 saturated carbocycles. The Morgan fingerprint density at radius 2 is 2.07 bits per heavy atom. The molecule has 0 aliphatic carbocycles. The number of ether oxygens (including phenoxy) is 1. The first-order chi connectivity index (χ1) is 12.9. The molecule has 0 amide bonds. The third-order valence-corrected chi connectivity index (χ3v) is 4.95. The highest BCUT2D eigenvalue weighted by Gasteiger charge is 2.41. The first-order valence-corrected chi connectivity index (χ1v) is 8.70. The van der Waals surface area contributed by atoms with E-state index in [4.69, 9.17) is 4.74 Å². The number of benzene rings is 1. The van der Waals surface area contributed by atoms with E-state index in [1.807, 2.05) is 6.92 Å². The number of rotatable bonds is 3. The Morgan fingerprint density at radius 1 is 1.30 bits per heavy atom. The summed E-state index contributed by atoms with van der Waals surface area (Å²) >= 11 is 0. The minimum absolute atomic E-state index is 0.0228. The average molecular weight is 371 g/mol. The van der Waals surface area contributed by atoms with Crippen molar-refractivity contribution in [1.29, 1.82) is 0 Å². The third-order valence-electron chi connectivity index (χ3n) is 4.95. The fourth-order valence-corrected chi connectivity index (χ4v) is 3.74. The highest BCUT2D eigenvalue weighted by Crippen LogP contribution is 2.42. The molecule has 1 atom stereocenters. The quantitative estimate of drug-likeness (QED) is 0.826. The largest absolute Gasteiger partial charge is 0.456 e. The van der Waals surface area contributed by atoms with Gasteiger partial charge in [-0.3, -0.25) is 13.9 Å². The zero-order chi connectivity index (χ0) is 19.3. The molecule has 2 aromatic rings. The van der Waals surface area contributed by atoms with Crippen LogP contribution in [0.5, 0.6) is 0 Å². The summed E-state index contributed by atoms with van der Waals surface area (Å²) in [6.07, 6.45) is 0.679. The molecular formula is C19H18FN3O4. The molecule has 1 N–H and O–H groups in total. The minimum Gasteiger partial charge on any atom is -0.456 e. The lowest BCUT2D eigenvalue weighted by molar-refractivity contribution is -0.136. The van der Waals surface area contributed by atoms with E-state index in [0.717, 1.165) is 4.57 Å². The molecule has 1 unspecified atom stereocenters. The Morgan fingerprint density at radius 3 is 2.78 bits per heavy atom. The van der Waals surface area contributed by atoms with E-state index in [-0.39, 0.29) is 17.7 Å². The zero-order valence-electron chi connectivity index (χ0n) is 14.9. The molecule has 2 aliphatic heterocycles. The van der Waals surface area contributed by atoms with Gasteiger partial charge in [-0.15, -0.1) is 0 Å². The van der Waals surface area contributed by atoms with Crippen LogP contribution in [0.3, 0.4) is 0 Å². The lowest BCUT2D eigenvalue weighted by Crippen LogP contribution is -2.44. The summed E-state index contributed by atoms with van der Waals surface area (Å²) in [6.45, 7) is 2.34. The second kappa shape index (κ2) is 6.22. The number of nitrogens with one attached hydrogen (secondary N) is 1. The maximum Gasteiger partial charge on any atom is 0.337 e. The van der Waals surface area contributed by atoms with E-state index >= 15 is 0 Å². The number of hydrogen-bond donors (Lipinski definition) is 1. The summed E-state index contributed by atoms with van der Waals surface area (Å²) in [6, 6.07) is 5.78. The van der Waals surface area contributed by atoms with Crippen molar-refractivity contribution in [3.05, 3.63) is 73.3 Å².